The summed E-state index contributed by atoms with van der Waals surface area (Å²) in [4.78, 5) is 19.0. The molecule has 5 heteroatoms. The summed E-state index contributed by atoms with van der Waals surface area (Å²) in [5.74, 6) is 1.52. The van der Waals surface area contributed by atoms with Crippen LogP contribution in [0.15, 0.2) is 42.9 Å². The summed E-state index contributed by atoms with van der Waals surface area (Å²) in [5, 5.41) is 0. The molecule has 1 saturated carbocycles. The van der Waals surface area contributed by atoms with Crippen LogP contribution in [0.1, 0.15) is 34.8 Å². The number of pyridine rings is 1. The van der Waals surface area contributed by atoms with E-state index in [2.05, 4.69) is 17.1 Å². The summed E-state index contributed by atoms with van der Waals surface area (Å²) in [6, 6.07) is 7.94. The summed E-state index contributed by atoms with van der Waals surface area (Å²) < 4.78 is 7.87. The molecule has 0 aromatic carbocycles. The number of nitrogens with zero attached hydrogens (tertiary/aromatic N) is 3. The van der Waals surface area contributed by atoms with Crippen LogP contribution in [0.2, 0.25) is 0 Å². The van der Waals surface area contributed by atoms with Gasteiger partial charge in [-0.2, -0.15) is 0 Å². The number of carbonyl (C=O) groups excluding carboxylic acids is 1. The van der Waals surface area contributed by atoms with Gasteiger partial charge in [0.05, 0.1) is 6.61 Å². The number of ether oxygens (including phenoxy) is 1. The molecular weight excluding hydrogens is 314 g/mol. The van der Waals surface area contributed by atoms with Gasteiger partial charge in [0.2, 0.25) is 0 Å². The van der Waals surface area contributed by atoms with Crippen LogP contribution in [0.4, 0.5) is 0 Å². The van der Waals surface area contributed by atoms with Crippen molar-refractivity contribution in [2.45, 2.75) is 18.8 Å². The predicted octanol–water partition coefficient (Wildman–Crippen LogP) is 2.70. The average molecular weight is 339 g/mol. The molecule has 1 aliphatic heterocycles. The van der Waals surface area contributed by atoms with Crippen molar-refractivity contribution in [1.82, 2.24) is 14.5 Å². The maximum absolute atomic E-state index is 12.9. The first-order valence-corrected chi connectivity index (χ1v) is 9.10. The second-order valence-electron chi connectivity index (χ2n) is 7.34. The lowest BCUT2D eigenvalue weighted by Gasteiger charge is -2.18. The van der Waals surface area contributed by atoms with Crippen LogP contribution in [0.25, 0.3) is 0 Å². The smallest absolute Gasteiger partial charge is 0.270 e. The first-order valence-electron chi connectivity index (χ1n) is 9.10. The highest BCUT2D eigenvalue weighted by Crippen LogP contribution is 2.34. The Hall–Kier alpha value is -2.14. The van der Waals surface area contributed by atoms with E-state index in [-0.39, 0.29) is 5.91 Å². The molecule has 25 heavy (non-hydrogen) atoms. The second kappa shape index (κ2) is 7.00. The largest absolute Gasteiger partial charge is 0.381 e. The van der Waals surface area contributed by atoms with Crippen LogP contribution in [0.3, 0.4) is 0 Å². The number of hydrogen-bond acceptors (Lipinski definition) is 3. The lowest BCUT2D eigenvalue weighted by Crippen LogP contribution is -2.30. The maximum atomic E-state index is 12.9. The van der Waals surface area contributed by atoms with E-state index in [1.807, 2.05) is 47.2 Å². The summed E-state index contributed by atoms with van der Waals surface area (Å²) in [6.07, 6.45) is 8.19. The number of aryl methyl sites for hydroxylation is 1. The Morgan fingerprint density at radius 1 is 1.20 bits per heavy atom. The minimum Gasteiger partial charge on any atom is -0.381 e. The molecule has 1 saturated heterocycles. The lowest BCUT2D eigenvalue weighted by atomic mass is 9.90. The molecule has 2 aromatic rings. The van der Waals surface area contributed by atoms with Crippen molar-refractivity contribution in [2.24, 2.45) is 18.9 Å². The number of amides is 1. The average Bonchev–Trinajstić information content (AvgIpc) is 3.20. The van der Waals surface area contributed by atoms with E-state index in [0.29, 0.717) is 11.8 Å². The van der Waals surface area contributed by atoms with E-state index in [4.69, 9.17) is 4.74 Å². The third kappa shape index (κ3) is 3.61. The number of hydrogen-bond donors (Lipinski definition) is 0. The van der Waals surface area contributed by atoms with Gasteiger partial charge in [0.1, 0.15) is 5.69 Å². The lowest BCUT2D eigenvalue weighted by molar-refractivity contribution is 0.0732. The molecule has 2 fully saturated rings. The summed E-state index contributed by atoms with van der Waals surface area (Å²) in [5.41, 5.74) is 1.99. The minimum atomic E-state index is 0.108. The third-order valence-corrected chi connectivity index (χ3v) is 5.41. The molecule has 4 rings (SSSR count). The highest BCUT2D eigenvalue weighted by atomic mass is 16.5. The van der Waals surface area contributed by atoms with Gasteiger partial charge in [-0.05, 0) is 48.6 Å². The normalized spacial score (nSPS) is 23.2. The van der Waals surface area contributed by atoms with Crippen LogP contribution in [0, 0.1) is 11.8 Å². The Morgan fingerprint density at radius 2 is 2.00 bits per heavy atom. The van der Waals surface area contributed by atoms with E-state index in [0.717, 1.165) is 37.9 Å². The molecule has 2 aromatic heterocycles. The predicted molar refractivity (Wildman–Crippen MR) is 95.3 cm³/mol. The van der Waals surface area contributed by atoms with Crippen molar-refractivity contribution < 1.29 is 9.53 Å². The zero-order valence-corrected chi connectivity index (χ0v) is 14.7. The van der Waals surface area contributed by atoms with Crippen molar-refractivity contribution in [2.75, 3.05) is 26.3 Å². The number of likely N-dealkylation sites (tertiary alicyclic amines) is 1. The fourth-order valence-electron chi connectivity index (χ4n) is 3.71. The Labute approximate surface area is 148 Å². The fourth-order valence-corrected chi connectivity index (χ4v) is 3.71. The summed E-state index contributed by atoms with van der Waals surface area (Å²) in [6.45, 7) is 3.08. The van der Waals surface area contributed by atoms with E-state index < -0.39 is 0 Å². The van der Waals surface area contributed by atoms with Crippen LogP contribution in [0.5, 0.6) is 0 Å². The number of aromatic nitrogens is 2. The molecule has 0 spiro atoms. The molecule has 1 amide bonds. The molecule has 5 nitrogen and oxygen atoms in total. The zero-order chi connectivity index (χ0) is 17.2. The second-order valence-corrected chi connectivity index (χ2v) is 7.34. The van der Waals surface area contributed by atoms with Crippen molar-refractivity contribution in [3.05, 3.63) is 54.1 Å². The van der Waals surface area contributed by atoms with E-state index in [1.165, 1.54) is 18.4 Å². The minimum absolute atomic E-state index is 0.108. The quantitative estimate of drug-likeness (QED) is 0.813. The van der Waals surface area contributed by atoms with Gasteiger partial charge < -0.3 is 14.2 Å². The Balaban J connectivity index is 1.48. The molecule has 0 unspecified atom stereocenters. The number of carbonyl (C=O) groups is 1. The van der Waals surface area contributed by atoms with Gasteiger partial charge in [-0.1, -0.05) is 0 Å². The molecule has 1 aliphatic carbocycles. The fraction of sp³-hybridized carbons (Fsp3) is 0.500. The monoisotopic (exact) mass is 339 g/mol. The van der Waals surface area contributed by atoms with Crippen molar-refractivity contribution >= 4 is 5.91 Å². The van der Waals surface area contributed by atoms with Gasteiger partial charge in [0, 0.05) is 57.2 Å². The molecule has 0 radical (unpaired) electrons. The highest BCUT2D eigenvalue weighted by molar-refractivity contribution is 5.93. The summed E-state index contributed by atoms with van der Waals surface area (Å²) >= 11 is 0. The van der Waals surface area contributed by atoms with Crippen molar-refractivity contribution in [3.8, 4) is 0 Å². The SMILES string of the molecule is Cn1cccc1C(=O)N1C[C@@H](COCC2CC2)[C@H](c2ccncc2)C1. The van der Waals surface area contributed by atoms with Gasteiger partial charge >= 0.3 is 0 Å². The van der Waals surface area contributed by atoms with Gasteiger partial charge in [-0.15, -0.1) is 0 Å². The Kier molecular flexibility index (Phi) is 4.57. The van der Waals surface area contributed by atoms with Gasteiger partial charge in [-0.3, -0.25) is 9.78 Å². The first kappa shape index (κ1) is 16.3. The van der Waals surface area contributed by atoms with Gasteiger partial charge in [0.25, 0.3) is 5.91 Å². The molecule has 132 valence electrons. The number of rotatable bonds is 6. The molecule has 2 aliphatic rings. The van der Waals surface area contributed by atoms with Gasteiger partial charge in [0.15, 0.2) is 0 Å². The van der Waals surface area contributed by atoms with Crippen LogP contribution < -0.4 is 0 Å². The third-order valence-electron chi connectivity index (χ3n) is 5.41. The van der Waals surface area contributed by atoms with Crippen LogP contribution >= 0.6 is 0 Å². The standard InChI is InChI=1S/C20H25N3O2/c1-22-10-2-3-19(22)20(24)23-11-17(14-25-13-15-4-5-15)18(12-23)16-6-8-21-9-7-16/h2-3,6-10,15,17-18H,4-5,11-14H2,1H3/t17-,18-/m0/s1. The van der Waals surface area contributed by atoms with Crippen LogP contribution in [-0.2, 0) is 11.8 Å². The molecule has 2 atom stereocenters. The Morgan fingerprint density at radius 3 is 2.68 bits per heavy atom. The maximum Gasteiger partial charge on any atom is 0.270 e. The van der Waals surface area contributed by atoms with E-state index in [1.54, 1.807) is 0 Å². The zero-order valence-electron chi connectivity index (χ0n) is 14.7. The molecular formula is C20H25N3O2. The van der Waals surface area contributed by atoms with Crippen molar-refractivity contribution in [3.63, 3.8) is 0 Å². The van der Waals surface area contributed by atoms with E-state index in [9.17, 15) is 4.79 Å². The highest BCUT2D eigenvalue weighted by Gasteiger charge is 2.37. The first-order chi connectivity index (χ1) is 12.2. The molecule has 3 heterocycles. The molecule has 0 bridgehead atoms. The molecule has 0 N–H and O–H groups in total. The van der Waals surface area contributed by atoms with Crippen molar-refractivity contribution in [1.29, 1.82) is 0 Å². The Bertz CT molecular complexity index is 724. The van der Waals surface area contributed by atoms with Gasteiger partial charge in [-0.25, -0.2) is 0 Å². The topological polar surface area (TPSA) is 47.4 Å². The van der Waals surface area contributed by atoms with E-state index >= 15 is 0 Å². The summed E-state index contributed by atoms with van der Waals surface area (Å²) in [7, 11) is 1.92. The van der Waals surface area contributed by atoms with Crippen LogP contribution in [-0.4, -0.2) is 46.7 Å².